The number of carbonyl (C=O) groups is 2. The van der Waals surface area contributed by atoms with Crippen LogP contribution in [0.2, 0.25) is 10.0 Å². The molecule has 2 aromatic carbocycles. The molecule has 2 heterocycles. The van der Waals surface area contributed by atoms with Gasteiger partial charge in [-0.1, -0.05) is 53.2 Å². The molecule has 0 radical (unpaired) electrons. The first-order valence-corrected chi connectivity index (χ1v) is 10.6. The minimum atomic E-state index is -0.437. The molecule has 0 bridgehead atoms. The van der Waals surface area contributed by atoms with Crippen LogP contribution in [0.4, 0.5) is 0 Å². The molecule has 1 aliphatic heterocycles. The van der Waals surface area contributed by atoms with Gasteiger partial charge in [0.1, 0.15) is 11.5 Å². The van der Waals surface area contributed by atoms with Crippen molar-refractivity contribution in [3.8, 4) is 11.3 Å². The van der Waals surface area contributed by atoms with Crippen LogP contribution >= 0.6 is 47.2 Å². The van der Waals surface area contributed by atoms with Crippen LogP contribution in [0.1, 0.15) is 16.1 Å². The highest BCUT2D eigenvalue weighted by Crippen LogP contribution is 2.35. The van der Waals surface area contributed by atoms with Crippen LogP contribution in [0.3, 0.4) is 0 Å². The van der Waals surface area contributed by atoms with Crippen molar-refractivity contribution in [2.75, 3.05) is 0 Å². The summed E-state index contributed by atoms with van der Waals surface area (Å²) in [6, 6.07) is 17.1. The van der Waals surface area contributed by atoms with Crippen LogP contribution in [0.5, 0.6) is 0 Å². The number of hydrogen-bond donors (Lipinski definition) is 1. The SMILES string of the molecule is O=C(NN1C(=O)/C(=C\c2ccc(-c3cc(Cl)ccc3Cl)o2)SC1=S)c1ccccc1. The molecule has 0 unspecified atom stereocenters. The minimum absolute atomic E-state index is 0.222. The van der Waals surface area contributed by atoms with Crippen molar-refractivity contribution in [3.05, 3.63) is 86.9 Å². The Kier molecular flexibility index (Phi) is 5.97. The molecule has 9 heteroatoms. The lowest BCUT2D eigenvalue weighted by Gasteiger charge is -2.15. The fourth-order valence-corrected chi connectivity index (χ4v) is 4.25. The Morgan fingerprint density at radius 2 is 1.87 bits per heavy atom. The summed E-state index contributed by atoms with van der Waals surface area (Å²) in [5, 5.41) is 2.08. The Bertz CT molecular complexity index is 1190. The van der Waals surface area contributed by atoms with Crippen molar-refractivity contribution in [3.63, 3.8) is 0 Å². The number of rotatable bonds is 4. The van der Waals surface area contributed by atoms with Gasteiger partial charge in [-0.05, 0) is 54.7 Å². The third-order valence-electron chi connectivity index (χ3n) is 4.14. The van der Waals surface area contributed by atoms with E-state index >= 15 is 0 Å². The Labute approximate surface area is 191 Å². The Morgan fingerprint density at radius 1 is 1.10 bits per heavy atom. The van der Waals surface area contributed by atoms with Crippen LogP contribution in [-0.4, -0.2) is 21.1 Å². The maximum Gasteiger partial charge on any atom is 0.285 e. The Hall–Kier alpha value is -2.58. The molecule has 1 saturated heterocycles. The number of carbonyl (C=O) groups excluding carboxylic acids is 2. The smallest absolute Gasteiger partial charge is 0.285 e. The second-order valence-electron chi connectivity index (χ2n) is 6.15. The number of halogens is 2. The highest BCUT2D eigenvalue weighted by atomic mass is 35.5. The topological polar surface area (TPSA) is 62.6 Å². The number of benzene rings is 2. The molecule has 30 heavy (non-hydrogen) atoms. The quantitative estimate of drug-likeness (QED) is 0.382. The summed E-state index contributed by atoms with van der Waals surface area (Å²) in [7, 11) is 0. The Balaban J connectivity index is 1.53. The molecule has 0 aliphatic carbocycles. The second kappa shape index (κ2) is 8.65. The van der Waals surface area contributed by atoms with Gasteiger partial charge < -0.3 is 4.42 Å². The molecule has 2 amide bonds. The van der Waals surface area contributed by atoms with E-state index in [0.717, 1.165) is 16.8 Å². The first-order valence-electron chi connectivity index (χ1n) is 8.61. The van der Waals surface area contributed by atoms with E-state index in [-0.39, 0.29) is 4.32 Å². The van der Waals surface area contributed by atoms with Crippen LogP contribution < -0.4 is 5.43 Å². The third-order valence-corrected chi connectivity index (χ3v) is 6.00. The van der Waals surface area contributed by atoms with E-state index in [9.17, 15) is 9.59 Å². The summed E-state index contributed by atoms with van der Waals surface area (Å²) in [5.41, 5.74) is 3.60. The number of nitrogens with zero attached hydrogens (tertiary/aromatic N) is 1. The number of thioether (sulfide) groups is 1. The zero-order chi connectivity index (χ0) is 21.3. The largest absolute Gasteiger partial charge is 0.457 e. The summed E-state index contributed by atoms with van der Waals surface area (Å²) >= 11 is 18.6. The molecule has 4 rings (SSSR count). The van der Waals surface area contributed by atoms with E-state index in [1.165, 1.54) is 0 Å². The van der Waals surface area contributed by atoms with Crippen LogP contribution in [0, 0.1) is 0 Å². The van der Waals surface area contributed by atoms with E-state index in [1.54, 1.807) is 66.7 Å². The van der Waals surface area contributed by atoms with Gasteiger partial charge in [0, 0.05) is 22.2 Å². The predicted octanol–water partition coefficient (Wildman–Crippen LogP) is 5.80. The summed E-state index contributed by atoms with van der Waals surface area (Å²) in [5.74, 6) is 0.0922. The molecule has 0 saturated carbocycles. The molecular weight excluding hydrogens is 463 g/mol. The van der Waals surface area contributed by atoms with Gasteiger partial charge in [0.25, 0.3) is 11.8 Å². The van der Waals surface area contributed by atoms with E-state index in [4.69, 9.17) is 39.8 Å². The lowest BCUT2D eigenvalue weighted by atomic mass is 10.2. The molecule has 5 nitrogen and oxygen atoms in total. The monoisotopic (exact) mass is 474 g/mol. The van der Waals surface area contributed by atoms with E-state index in [0.29, 0.717) is 37.6 Å². The van der Waals surface area contributed by atoms with Crippen molar-refractivity contribution in [1.82, 2.24) is 10.4 Å². The first kappa shape index (κ1) is 20.7. The first-order chi connectivity index (χ1) is 14.4. The van der Waals surface area contributed by atoms with Gasteiger partial charge in [-0.25, -0.2) is 0 Å². The number of furan rings is 1. The number of thiocarbonyl (C=S) groups is 1. The fraction of sp³-hybridized carbons (Fsp3) is 0. The summed E-state index contributed by atoms with van der Waals surface area (Å²) in [6.45, 7) is 0. The molecule has 1 aliphatic rings. The van der Waals surface area contributed by atoms with Gasteiger partial charge in [0.05, 0.1) is 9.93 Å². The molecule has 150 valence electrons. The maximum atomic E-state index is 12.7. The second-order valence-corrected chi connectivity index (χ2v) is 8.67. The van der Waals surface area contributed by atoms with Gasteiger partial charge in [0.15, 0.2) is 4.32 Å². The maximum absolute atomic E-state index is 12.7. The van der Waals surface area contributed by atoms with Gasteiger partial charge in [-0.3, -0.25) is 15.0 Å². The van der Waals surface area contributed by atoms with Crippen molar-refractivity contribution in [1.29, 1.82) is 0 Å². The molecule has 3 aromatic rings. The zero-order valence-electron chi connectivity index (χ0n) is 15.1. The molecule has 0 spiro atoms. The summed E-state index contributed by atoms with van der Waals surface area (Å²) < 4.78 is 6.02. The van der Waals surface area contributed by atoms with Gasteiger partial charge >= 0.3 is 0 Å². The van der Waals surface area contributed by atoms with Crippen LogP contribution in [-0.2, 0) is 4.79 Å². The molecular formula is C21H12Cl2N2O3S2. The summed E-state index contributed by atoms with van der Waals surface area (Å²) in [6.07, 6.45) is 1.57. The average molecular weight is 475 g/mol. The predicted molar refractivity (Wildman–Crippen MR) is 123 cm³/mol. The van der Waals surface area contributed by atoms with Gasteiger partial charge in [0.2, 0.25) is 0 Å². The van der Waals surface area contributed by atoms with E-state index < -0.39 is 11.8 Å². The number of nitrogens with one attached hydrogen (secondary N) is 1. The van der Waals surface area contributed by atoms with Gasteiger partial charge in [-0.15, -0.1) is 0 Å². The molecule has 1 fully saturated rings. The van der Waals surface area contributed by atoms with Crippen molar-refractivity contribution >= 4 is 69.4 Å². The zero-order valence-corrected chi connectivity index (χ0v) is 18.2. The average Bonchev–Trinajstić information content (AvgIpc) is 3.30. The lowest BCUT2D eigenvalue weighted by Crippen LogP contribution is -2.44. The van der Waals surface area contributed by atoms with Crippen molar-refractivity contribution < 1.29 is 14.0 Å². The minimum Gasteiger partial charge on any atom is -0.457 e. The van der Waals surface area contributed by atoms with Crippen molar-refractivity contribution in [2.24, 2.45) is 0 Å². The van der Waals surface area contributed by atoms with E-state index in [2.05, 4.69) is 5.43 Å². The van der Waals surface area contributed by atoms with Gasteiger partial charge in [-0.2, -0.15) is 5.01 Å². The lowest BCUT2D eigenvalue weighted by molar-refractivity contribution is -0.123. The molecule has 0 atom stereocenters. The molecule has 1 N–H and O–H groups in total. The highest BCUT2D eigenvalue weighted by Gasteiger charge is 2.34. The normalized spacial score (nSPS) is 15.1. The highest BCUT2D eigenvalue weighted by molar-refractivity contribution is 8.26. The van der Waals surface area contributed by atoms with Crippen LogP contribution in [0.25, 0.3) is 17.4 Å². The number of hydrazine groups is 1. The number of hydrogen-bond acceptors (Lipinski definition) is 5. The fourth-order valence-electron chi connectivity index (χ4n) is 2.71. The summed E-state index contributed by atoms with van der Waals surface area (Å²) in [4.78, 5) is 25.4. The standard InChI is InChI=1S/C21H12Cl2N2O3S2/c22-13-6-8-16(23)15(10-13)17-9-7-14(28-17)11-18-20(27)25(21(29)30-18)24-19(26)12-4-2-1-3-5-12/h1-11H,(H,24,26)/b18-11+. The van der Waals surface area contributed by atoms with Crippen LogP contribution in [0.15, 0.2) is 70.0 Å². The third kappa shape index (κ3) is 4.29. The number of amides is 2. The molecule has 1 aromatic heterocycles. The van der Waals surface area contributed by atoms with E-state index in [1.807, 2.05) is 0 Å². The Morgan fingerprint density at radius 3 is 2.63 bits per heavy atom. The van der Waals surface area contributed by atoms with Crippen molar-refractivity contribution in [2.45, 2.75) is 0 Å².